The molecule has 0 saturated carbocycles. The van der Waals surface area contributed by atoms with Gasteiger partial charge in [0.2, 0.25) is 5.91 Å². The molecular weight excluding hydrogens is 347 g/mol. The first-order valence-corrected chi connectivity index (χ1v) is 8.78. The Kier molecular flexibility index (Phi) is 7.90. The van der Waals surface area contributed by atoms with Crippen LogP contribution in [0.4, 0.5) is 0 Å². The number of rotatable bonds is 9. The first kappa shape index (κ1) is 20.5. The van der Waals surface area contributed by atoms with E-state index in [1.807, 2.05) is 37.3 Å². The first-order chi connectivity index (χ1) is 13.0. The molecule has 0 aliphatic carbocycles. The number of carbonyl (C=O) groups is 2. The maximum absolute atomic E-state index is 12.6. The SMILES string of the molecule is CCC[C@@H](NC(=O)c1cnccn1)C(=O)N[C@@H](Cc1ccccc1)B(O)O. The fourth-order valence-corrected chi connectivity index (χ4v) is 2.59. The van der Waals surface area contributed by atoms with Gasteiger partial charge >= 0.3 is 7.12 Å². The highest BCUT2D eigenvalue weighted by atomic mass is 16.4. The highest BCUT2D eigenvalue weighted by Gasteiger charge is 2.29. The van der Waals surface area contributed by atoms with Gasteiger partial charge in [0.25, 0.3) is 5.91 Å². The number of amides is 2. The van der Waals surface area contributed by atoms with Crippen LogP contribution in [0.5, 0.6) is 0 Å². The maximum atomic E-state index is 12.6. The van der Waals surface area contributed by atoms with Gasteiger partial charge in [-0.3, -0.25) is 14.6 Å². The van der Waals surface area contributed by atoms with Gasteiger partial charge in [-0.1, -0.05) is 43.7 Å². The molecule has 0 unspecified atom stereocenters. The molecule has 2 aromatic rings. The molecule has 2 atom stereocenters. The third-order valence-corrected chi connectivity index (χ3v) is 3.98. The van der Waals surface area contributed by atoms with Crippen LogP contribution in [0.1, 0.15) is 35.8 Å². The van der Waals surface area contributed by atoms with E-state index >= 15 is 0 Å². The van der Waals surface area contributed by atoms with Crippen LogP contribution in [0.15, 0.2) is 48.9 Å². The summed E-state index contributed by atoms with van der Waals surface area (Å²) >= 11 is 0. The fourth-order valence-electron chi connectivity index (χ4n) is 2.59. The average molecular weight is 370 g/mol. The predicted octanol–water partition coefficient (Wildman–Crippen LogP) is 0.115. The van der Waals surface area contributed by atoms with Crippen molar-refractivity contribution in [2.45, 2.75) is 38.2 Å². The number of benzene rings is 1. The summed E-state index contributed by atoms with van der Waals surface area (Å²) in [5, 5.41) is 24.5. The standard InChI is InChI=1S/C18H23BN4O4/c1-2-6-14(22-18(25)15-12-20-9-10-21-15)17(24)23-16(19(26)27)11-13-7-4-3-5-8-13/h3-5,7-10,12,14,16,26-27H,2,6,11H2,1H3,(H,22,25)(H,23,24)/t14-,16+/m1/s1. The Morgan fingerprint density at radius 3 is 2.48 bits per heavy atom. The van der Waals surface area contributed by atoms with Crippen molar-refractivity contribution >= 4 is 18.9 Å². The molecule has 1 aromatic carbocycles. The maximum Gasteiger partial charge on any atom is 0.475 e. The van der Waals surface area contributed by atoms with Gasteiger partial charge in [-0.2, -0.15) is 0 Å². The third kappa shape index (κ3) is 6.47. The van der Waals surface area contributed by atoms with Crippen LogP contribution in [-0.2, 0) is 11.2 Å². The van der Waals surface area contributed by atoms with Crippen LogP contribution in [0.25, 0.3) is 0 Å². The zero-order valence-electron chi connectivity index (χ0n) is 15.1. The van der Waals surface area contributed by atoms with Crippen molar-refractivity contribution in [2.75, 3.05) is 0 Å². The normalized spacial score (nSPS) is 12.7. The molecule has 2 rings (SSSR count). The van der Waals surface area contributed by atoms with E-state index < -0.39 is 30.9 Å². The molecule has 2 amide bonds. The van der Waals surface area contributed by atoms with Crippen LogP contribution in [0, 0.1) is 0 Å². The van der Waals surface area contributed by atoms with Crippen molar-refractivity contribution in [1.82, 2.24) is 20.6 Å². The Balaban J connectivity index is 2.04. The minimum absolute atomic E-state index is 0.106. The number of nitrogens with one attached hydrogen (secondary N) is 2. The number of hydrogen-bond donors (Lipinski definition) is 4. The van der Waals surface area contributed by atoms with Crippen molar-refractivity contribution in [3.05, 3.63) is 60.2 Å². The minimum Gasteiger partial charge on any atom is -0.426 e. The minimum atomic E-state index is -1.73. The first-order valence-electron chi connectivity index (χ1n) is 8.78. The van der Waals surface area contributed by atoms with Gasteiger partial charge in [-0.05, 0) is 18.4 Å². The van der Waals surface area contributed by atoms with Crippen LogP contribution in [-0.4, -0.2) is 50.9 Å². The Bertz CT molecular complexity index is 731. The van der Waals surface area contributed by atoms with Gasteiger partial charge in [0.15, 0.2) is 0 Å². The number of carbonyl (C=O) groups excluding carboxylic acids is 2. The van der Waals surface area contributed by atoms with E-state index in [2.05, 4.69) is 20.6 Å². The Hall–Kier alpha value is -2.78. The van der Waals surface area contributed by atoms with E-state index in [0.29, 0.717) is 12.8 Å². The van der Waals surface area contributed by atoms with Gasteiger partial charge < -0.3 is 20.7 Å². The van der Waals surface area contributed by atoms with E-state index in [1.165, 1.54) is 18.6 Å². The second-order valence-electron chi connectivity index (χ2n) is 6.12. The lowest BCUT2D eigenvalue weighted by Crippen LogP contribution is -2.54. The molecule has 1 heterocycles. The lowest BCUT2D eigenvalue weighted by molar-refractivity contribution is -0.123. The molecule has 0 fully saturated rings. The van der Waals surface area contributed by atoms with Crippen LogP contribution >= 0.6 is 0 Å². The quantitative estimate of drug-likeness (QED) is 0.465. The van der Waals surface area contributed by atoms with Gasteiger partial charge in [0.05, 0.1) is 12.1 Å². The van der Waals surface area contributed by atoms with Crippen molar-refractivity contribution in [1.29, 1.82) is 0 Å². The fraction of sp³-hybridized carbons (Fsp3) is 0.333. The van der Waals surface area contributed by atoms with Gasteiger partial charge in [-0.25, -0.2) is 4.98 Å². The van der Waals surface area contributed by atoms with Gasteiger partial charge in [0.1, 0.15) is 11.7 Å². The van der Waals surface area contributed by atoms with Crippen molar-refractivity contribution in [3.8, 4) is 0 Å². The monoisotopic (exact) mass is 370 g/mol. The van der Waals surface area contributed by atoms with E-state index in [1.54, 1.807) is 0 Å². The Morgan fingerprint density at radius 1 is 1.15 bits per heavy atom. The molecule has 0 spiro atoms. The third-order valence-electron chi connectivity index (χ3n) is 3.98. The Morgan fingerprint density at radius 2 is 1.89 bits per heavy atom. The molecule has 0 saturated heterocycles. The summed E-state index contributed by atoms with van der Waals surface area (Å²) in [5.74, 6) is -1.89. The number of aromatic nitrogens is 2. The molecule has 0 radical (unpaired) electrons. The number of hydrogen-bond acceptors (Lipinski definition) is 6. The van der Waals surface area contributed by atoms with E-state index in [-0.39, 0.29) is 12.1 Å². The molecule has 0 aliphatic heterocycles. The molecule has 0 aliphatic rings. The van der Waals surface area contributed by atoms with Crippen LogP contribution < -0.4 is 10.6 Å². The lowest BCUT2D eigenvalue weighted by Gasteiger charge is -2.23. The summed E-state index contributed by atoms with van der Waals surface area (Å²) in [4.78, 5) is 32.6. The highest BCUT2D eigenvalue weighted by Crippen LogP contribution is 2.06. The average Bonchev–Trinajstić information content (AvgIpc) is 2.68. The number of nitrogens with zero attached hydrogens (tertiary/aromatic N) is 2. The smallest absolute Gasteiger partial charge is 0.426 e. The molecule has 0 bridgehead atoms. The summed E-state index contributed by atoms with van der Waals surface area (Å²) < 4.78 is 0. The van der Waals surface area contributed by atoms with Crippen LogP contribution in [0.2, 0.25) is 0 Å². The van der Waals surface area contributed by atoms with E-state index in [9.17, 15) is 19.6 Å². The molecule has 9 heteroatoms. The summed E-state index contributed by atoms with van der Waals surface area (Å²) in [7, 11) is -1.73. The lowest BCUT2D eigenvalue weighted by atomic mass is 9.75. The topological polar surface area (TPSA) is 124 Å². The zero-order chi connectivity index (χ0) is 19.6. The van der Waals surface area contributed by atoms with Crippen molar-refractivity contribution < 1.29 is 19.6 Å². The molecule has 8 nitrogen and oxygen atoms in total. The van der Waals surface area contributed by atoms with E-state index in [0.717, 1.165) is 5.56 Å². The van der Waals surface area contributed by atoms with Crippen LogP contribution in [0.3, 0.4) is 0 Å². The van der Waals surface area contributed by atoms with Gasteiger partial charge in [-0.15, -0.1) is 0 Å². The predicted molar refractivity (Wildman–Crippen MR) is 100 cm³/mol. The largest absolute Gasteiger partial charge is 0.475 e. The zero-order valence-corrected chi connectivity index (χ0v) is 15.1. The van der Waals surface area contributed by atoms with E-state index in [4.69, 9.17) is 0 Å². The Labute approximate surface area is 158 Å². The molecule has 1 aromatic heterocycles. The molecule has 27 heavy (non-hydrogen) atoms. The second-order valence-corrected chi connectivity index (χ2v) is 6.12. The summed E-state index contributed by atoms with van der Waals surface area (Å²) in [5.41, 5.74) is 0.959. The van der Waals surface area contributed by atoms with Crippen molar-refractivity contribution in [3.63, 3.8) is 0 Å². The van der Waals surface area contributed by atoms with Gasteiger partial charge in [0, 0.05) is 12.4 Å². The highest BCUT2D eigenvalue weighted by molar-refractivity contribution is 6.43. The summed E-state index contributed by atoms with van der Waals surface area (Å²) in [6, 6.07) is 8.37. The van der Waals surface area contributed by atoms with Crippen molar-refractivity contribution in [2.24, 2.45) is 0 Å². The summed E-state index contributed by atoms with van der Waals surface area (Å²) in [6.45, 7) is 1.89. The molecule has 4 N–H and O–H groups in total. The second kappa shape index (κ2) is 10.4. The summed E-state index contributed by atoms with van der Waals surface area (Å²) in [6.07, 6.45) is 5.46. The molecular formula is C18H23BN4O4. The molecule has 142 valence electrons.